The highest BCUT2D eigenvalue weighted by Crippen LogP contribution is 2.25. The van der Waals surface area contributed by atoms with E-state index in [1.54, 1.807) is 0 Å². The Balaban J connectivity index is 0.000001000. The van der Waals surface area contributed by atoms with Crippen molar-refractivity contribution < 1.29 is 0 Å². The molecule has 0 spiro atoms. The Bertz CT molecular complexity index is 79.6. The maximum atomic E-state index is 3.21. The fourth-order valence-corrected chi connectivity index (χ4v) is 1.82. The summed E-state index contributed by atoms with van der Waals surface area (Å²) in [7, 11) is 2.04. The Morgan fingerprint density at radius 2 is 1.82 bits per heavy atom. The minimum atomic E-state index is 0. The highest BCUT2D eigenvalue weighted by atomic mass is 35.5. The van der Waals surface area contributed by atoms with Crippen molar-refractivity contribution in [1.29, 1.82) is 0 Å². The molecule has 68 valence electrons. The number of hydrogen-bond acceptors (Lipinski definition) is 1. The van der Waals surface area contributed by atoms with Gasteiger partial charge in [0.25, 0.3) is 0 Å². The van der Waals surface area contributed by atoms with Crippen molar-refractivity contribution in [2.24, 2.45) is 5.92 Å². The fourth-order valence-electron chi connectivity index (χ4n) is 1.82. The Hall–Kier alpha value is 0.250. The molecule has 1 fully saturated rings. The van der Waals surface area contributed by atoms with Crippen LogP contribution in [0.4, 0.5) is 0 Å². The van der Waals surface area contributed by atoms with Gasteiger partial charge in [0.1, 0.15) is 0 Å². The molecule has 0 bridgehead atoms. The Labute approximate surface area is 76.4 Å². The molecule has 0 amide bonds. The first-order valence-corrected chi connectivity index (χ1v) is 4.58. The van der Waals surface area contributed by atoms with Gasteiger partial charge >= 0.3 is 0 Å². The minimum absolute atomic E-state index is 0. The zero-order valence-corrected chi connectivity index (χ0v) is 8.25. The fraction of sp³-hybridized carbons (Fsp3) is 1.00. The lowest BCUT2D eigenvalue weighted by Crippen LogP contribution is -2.15. The highest BCUT2D eigenvalue weighted by molar-refractivity contribution is 5.85. The third kappa shape index (κ3) is 4.65. The summed E-state index contributed by atoms with van der Waals surface area (Å²) < 4.78 is 0. The lowest BCUT2D eigenvalue weighted by Gasteiger charge is -2.20. The summed E-state index contributed by atoms with van der Waals surface area (Å²) in [5.41, 5.74) is 0. The zero-order chi connectivity index (χ0) is 7.23. The van der Waals surface area contributed by atoms with Crippen molar-refractivity contribution in [1.82, 2.24) is 5.32 Å². The molecule has 0 atom stereocenters. The third-order valence-electron chi connectivity index (χ3n) is 2.53. The Morgan fingerprint density at radius 1 is 1.18 bits per heavy atom. The maximum absolute atomic E-state index is 3.21. The summed E-state index contributed by atoms with van der Waals surface area (Å²) in [4.78, 5) is 0. The summed E-state index contributed by atoms with van der Waals surface area (Å²) in [5, 5.41) is 3.21. The Kier molecular flexibility index (Phi) is 7.09. The standard InChI is InChI=1S/C9H19N.ClH/c1-10-8-7-9-5-3-2-4-6-9;/h9-10H,2-8H2,1H3;1H. The molecular weight excluding hydrogens is 158 g/mol. The van der Waals surface area contributed by atoms with Crippen LogP contribution in [0.3, 0.4) is 0 Å². The van der Waals surface area contributed by atoms with Gasteiger partial charge in [0.15, 0.2) is 0 Å². The monoisotopic (exact) mass is 177 g/mol. The molecule has 1 N–H and O–H groups in total. The SMILES string of the molecule is CNCCC1CCCCC1.Cl. The molecule has 1 saturated carbocycles. The Morgan fingerprint density at radius 3 is 2.36 bits per heavy atom. The van der Waals surface area contributed by atoms with E-state index in [0.29, 0.717) is 0 Å². The molecule has 0 aromatic heterocycles. The maximum Gasteiger partial charge on any atom is -0.00493 e. The molecule has 0 aliphatic heterocycles. The van der Waals surface area contributed by atoms with Crippen LogP contribution in [0.15, 0.2) is 0 Å². The van der Waals surface area contributed by atoms with Gasteiger partial charge in [0.2, 0.25) is 0 Å². The average molecular weight is 178 g/mol. The van der Waals surface area contributed by atoms with E-state index in [2.05, 4.69) is 5.32 Å². The van der Waals surface area contributed by atoms with Crippen LogP contribution in [0.25, 0.3) is 0 Å². The second kappa shape index (κ2) is 6.93. The van der Waals surface area contributed by atoms with Gasteiger partial charge in [-0.1, -0.05) is 32.1 Å². The van der Waals surface area contributed by atoms with E-state index < -0.39 is 0 Å². The van der Waals surface area contributed by atoms with E-state index in [0.717, 1.165) is 5.92 Å². The summed E-state index contributed by atoms with van der Waals surface area (Å²) in [6.45, 7) is 1.21. The van der Waals surface area contributed by atoms with Crippen molar-refractivity contribution in [3.8, 4) is 0 Å². The number of hydrogen-bond donors (Lipinski definition) is 1. The van der Waals surface area contributed by atoms with Gasteiger partial charge in [-0.25, -0.2) is 0 Å². The smallest absolute Gasteiger partial charge is 0.00493 e. The van der Waals surface area contributed by atoms with Crippen molar-refractivity contribution >= 4 is 12.4 Å². The molecule has 0 aromatic carbocycles. The van der Waals surface area contributed by atoms with Gasteiger partial charge in [0, 0.05) is 0 Å². The third-order valence-corrected chi connectivity index (χ3v) is 2.53. The molecule has 1 rings (SSSR count). The molecule has 0 heterocycles. The van der Waals surface area contributed by atoms with Crippen molar-refractivity contribution in [3.63, 3.8) is 0 Å². The van der Waals surface area contributed by atoms with Gasteiger partial charge in [0.05, 0.1) is 0 Å². The minimum Gasteiger partial charge on any atom is -0.320 e. The predicted octanol–water partition coefficient (Wildman–Crippen LogP) is 2.60. The first kappa shape index (κ1) is 11.2. The van der Waals surface area contributed by atoms with Gasteiger partial charge in [-0.3, -0.25) is 0 Å². The molecule has 2 heteroatoms. The lowest BCUT2D eigenvalue weighted by atomic mass is 9.87. The molecule has 0 aromatic rings. The van der Waals surface area contributed by atoms with E-state index in [1.807, 2.05) is 7.05 Å². The number of halogens is 1. The van der Waals surface area contributed by atoms with E-state index in [4.69, 9.17) is 0 Å². The van der Waals surface area contributed by atoms with Gasteiger partial charge in [-0.15, -0.1) is 12.4 Å². The number of rotatable bonds is 3. The lowest BCUT2D eigenvalue weighted by molar-refractivity contribution is 0.337. The van der Waals surface area contributed by atoms with E-state index in [1.165, 1.54) is 45.1 Å². The van der Waals surface area contributed by atoms with Crippen molar-refractivity contribution in [2.45, 2.75) is 38.5 Å². The summed E-state index contributed by atoms with van der Waals surface area (Å²) in [6.07, 6.45) is 8.82. The van der Waals surface area contributed by atoms with Crippen LogP contribution < -0.4 is 5.32 Å². The molecule has 0 saturated heterocycles. The average Bonchev–Trinajstić information content (AvgIpc) is 2.03. The normalized spacial score (nSPS) is 19.4. The topological polar surface area (TPSA) is 12.0 Å². The van der Waals surface area contributed by atoms with Crippen LogP contribution in [0.2, 0.25) is 0 Å². The van der Waals surface area contributed by atoms with Crippen LogP contribution >= 0.6 is 12.4 Å². The number of nitrogens with one attached hydrogen (secondary N) is 1. The van der Waals surface area contributed by atoms with E-state index in [-0.39, 0.29) is 12.4 Å². The van der Waals surface area contributed by atoms with Crippen molar-refractivity contribution in [2.75, 3.05) is 13.6 Å². The predicted molar refractivity (Wildman–Crippen MR) is 52.4 cm³/mol. The van der Waals surface area contributed by atoms with Gasteiger partial charge < -0.3 is 5.32 Å². The van der Waals surface area contributed by atoms with E-state index >= 15 is 0 Å². The second-order valence-corrected chi connectivity index (χ2v) is 3.40. The van der Waals surface area contributed by atoms with Crippen LogP contribution in [0.1, 0.15) is 38.5 Å². The summed E-state index contributed by atoms with van der Waals surface area (Å²) in [6, 6.07) is 0. The molecular formula is C9H20ClN. The first-order chi connectivity index (χ1) is 4.93. The quantitative estimate of drug-likeness (QED) is 0.699. The van der Waals surface area contributed by atoms with Crippen LogP contribution in [0.5, 0.6) is 0 Å². The van der Waals surface area contributed by atoms with E-state index in [9.17, 15) is 0 Å². The zero-order valence-electron chi connectivity index (χ0n) is 7.44. The van der Waals surface area contributed by atoms with Crippen LogP contribution in [-0.2, 0) is 0 Å². The highest BCUT2D eigenvalue weighted by Gasteiger charge is 2.11. The second-order valence-electron chi connectivity index (χ2n) is 3.40. The van der Waals surface area contributed by atoms with Gasteiger partial charge in [-0.05, 0) is 25.9 Å². The molecule has 1 aliphatic carbocycles. The molecule has 11 heavy (non-hydrogen) atoms. The van der Waals surface area contributed by atoms with Crippen LogP contribution in [-0.4, -0.2) is 13.6 Å². The first-order valence-electron chi connectivity index (χ1n) is 4.58. The summed E-state index contributed by atoms with van der Waals surface area (Å²) >= 11 is 0. The molecule has 1 nitrogen and oxygen atoms in total. The molecule has 0 unspecified atom stereocenters. The van der Waals surface area contributed by atoms with Crippen LogP contribution in [0, 0.1) is 5.92 Å². The molecule has 0 radical (unpaired) electrons. The van der Waals surface area contributed by atoms with Crippen molar-refractivity contribution in [3.05, 3.63) is 0 Å². The molecule has 1 aliphatic rings. The van der Waals surface area contributed by atoms with Gasteiger partial charge in [-0.2, -0.15) is 0 Å². The summed E-state index contributed by atoms with van der Waals surface area (Å²) in [5.74, 6) is 1.04. The largest absolute Gasteiger partial charge is 0.320 e.